The summed E-state index contributed by atoms with van der Waals surface area (Å²) >= 11 is 0. The second-order valence-electron chi connectivity index (χ2n) is 3.28. The number of hydrogen-bond donors (Lipinski definition) is 0. The van der Waals surface area contributed by atoms with Crippen molar-refractivity contribution in [2.75, 3.05) is 0 Å². The molecule has 0 radical (unpaired) electrons. The van der Waals surface area contributed by atoms with E-state index in [1.54, 1.807) is 12.1 Å². The summed E-state index contributed by atoms with van der Waals surface area (Å²) in [7, 11) is 0. The minimum atomic E-state index is -1.17. The Morgan fingerprint density at radius 1 is 1.13 bits per heavy atom. The van der Waals surface area contributed by atoms with Gasteiger partial charge in [-0.25, -0.2) is 0 Å². The molecule has 0 unspecified atom stereocenters. The predicted molar refractivity (Wildman–Crippen MR) is 53.2 cm³/mol. The normalized spacial score (nSPS) is 10.2. The van der Waals surface area contributed by atoms with Gasteiger partial charge in [0.15, 0.2) is 0 Å². The zero-order valence-corrected chi connectivity index (χ0v) is 8.19. The number of furan rings is 1. The molecular weight excluding hydrogens is 192 g/mol. The van der Waals surface area contributed by atoms with E-state index in [0.29, 0.717) is 0 Å². The first-order chi connectivity index (χ1) is 7.16. The Labute approximate surface area is 87.0 Å². The van der Waals surface area contributed by atoms with Crippen LogP contribution >= 0.6 is 0 Å². The Morgan fingerprint density at radius 2 is 1.80 bits per heavy atom. The third-order valence-electron chi connectivity index (χ3n) is 2.15. The smallest absolute Gasteiger partial charge is 0.134 e. The number of carboxylic acids is 1. The van der Waals surface area contributed by atoms with Crippen LogP contribution in [0.15, 0.2) is 40.8 Å². The molecule has 0 aliphatic rings. The van der Waals surface area contributed by atoms with Gasteiger partial charge in [0, 0.05) is 5.56 Å². The van der Waals surface area contributed by atoms with Crippen LogP contribution in [0.4, 0.5) is 0 Å². The Morgan fingerprint density at radius 3 is 2.27 bits per heavy atom. The third-order valence-corrected chi connectivity index (χ3v) is 2.15. The number of carbonyl (C=O) groups is 1. The lowest BCUT2D eigenvalue weighted by Gasteiger charge is -2.02. The van der Waals surface area contributed by atoms with E-state index in [1.807, 2.05) is 19.1 Å². The summed E-state index contributed by atoms with van der Waals surface area (Å²) in [6, 6.07) is 10.1. The summed E-state index contributed by atoms with van der Waals surface area (Å²) in [5.41, 5.74) is 1.02. The van der Waals surface area contributed by atoms with E-state index in [1.165, 1.54) is 12.1 Å². The Bertz CT molecular complexity index is 480. The van der Waals surface area contributed by atoms with Crippen LogP contribution in [0.3, 0.4) is 0 Å². The van der Waals surface area contributed by atoms with Gasteiger partial charge in [-0.15, -0.1) is 0 Å². The number of carbonyl (C=O) groups excluding carboxylic acids is 1. The summed E-state index contributed by atoms with van der Waals surface area (Å²) in [6.07, 6.45) is 0. The van der Waals surface area contributed by atoms with Gasteiger partial charge in [0.1, 0.15) is 11.5 Å². The number of carboxylic acid groups (broad SMARTS) is 1. The van der Waals surface area contributed by atoms with E-state index >= 15 is 0 Å². The highest BCUT2D eigenvalue weighted by Crippen LogP contribution is 2.21. The van der Waals surface area contributed by atoms with Gasteiger partial charge >= 0.3 is 0 Å². The molecule has 0 N–H and O–H groups in total. The summed E-state index contributed by atoms with van der Waals surface area (Å²) in [6.45, 7) is 1.86. The summed E-state index contributed by atoms with van der Waals surface area (Å²) in [5.74, 6) is 0.392. The Kier molecular flexibility index (Phi) is 2.29. The molecule has 0 aliphatic heterocycles. The molecular formula is C12H9O3-. The van der Waals surface area contributed by atoms with E-state index in [-0.39, 0.29) is 5.56 Å². The van der Waals surface area contributed by atoms with Crippen molar-refractivity contribution >= 4 is 5.97 Å². The van der Waals surface area contributed by atoms with Crippen molar-refractivity contribution in [1.29, 1.82) is 0 Å². The van der Waals surface area contributed by atoms with Crippen molar-refractivity contribution in [3.63, 3.8) is 0 Å². The molecule has 2 rings (SSSR count). The van der Waals surface area contributed by atoms with Gasteiger partial charge in [0.25, 0.3) is 0 Å². The lowest BCUT2D eigenvalue weighted by Crippen LogP contribution is -2.21. The van der Waals surface area contributed by atoms with Gasteiger partial charge in [0.05, 0.1) is 5.97 Å². The van der Waals surface area contributed by atoms with Crippen molar-refractivity contribution in [2.24, 2.45) is 0 Å². The Hall–Kier alpha value is -2.03. The predicted octanol–water partition coefficient (Wildman–Crippen LogP) is 1.62. The highest BCUT2D eigenvalue weighted by Gasteiger charge is 2.02. The van der Waals surface area contributed by atoms with Crippen LogP contribution in [0, 0.1) is 6.92 Å². The molecule has 0 saturated heterocycles. The lowest BCUT2D eigenvalue weighted by atomic mass is 10.1. The summed E-state index contributed by atoms with van der Waals surface area (Å²) in [4.78, 5) is 10.5. The maximum Gasteiger partial charge on any atom is 0.134 e. The lowest BCUT2D eigenvalue weighted by molar-refractivity contribution is -0.255. The number of aromatic carboxylic acids is 1. The third kappa shape index (κ3) is 1.91. The fourth-order valence-corrected chi connectivity index (χ4v) is 1.36. The number of benzene rings is 1. The van der Waals surface area contributed by atoms with Crippen molar-refractivity contribution in [3.8, 4) is 11.3 Å². The fraction of sp³-hybridized carbons (Fsp3) is 0.0833. The van der Waals surface area contributed by atoms with E-state index in [0.717, 1.165) is 17.1 Å². The van der Waals surface area contributed by atoms with Crippen molar-refractivity contribution in [1.82, 2.24) is 0 Å². The molecule has 15 heavy (non-hydrogen) atoms. The van der Waals surface area contributed by atoms with Gasteiger partial charge in [-0.1, -0.05) is 24.3 Å². The monoisotopic (exact) mass is 201 g/mol. The maximum absolute atomic E-state index is 10.5. The van der Waals surface area contributed by atoms with Crippen LogP contribution in [0.5, 0.6) is 0 Å². The fourth-order valence-electron chi connectivity index (χ4n) is 1.36. The van der Waals surface area contributed by atoms with E-state index in [9.17, 15) is 9.90 Å². The molecule has 0 atom stereocenters. The first kappa shape index (κ1) is 9.52. The quantitative estimate of drug-likeness (QED) is 0.741. The average molecular weight is 201 g/mol. The van der Waals surface area contributed by atoms with Crippen LogP contribution in [-0.4, -0.2) is 5.97 Å². The van der Waals surface area contributed by atoms with Gasteiger partial charge in [0.2, 0.25) is 0 Å². The van der Waals surface area contributed by atoms with Crippen LogP contribution < -0.4 is 5.11 Å². The number of hydrogen-bond acceptors (Lipinski definition) is 3. The molecule has 0 bridgehead atoms. The first-order valence-corrected chi connectivity index (χ1v) is 4.55. The molecule has 0 saturated carbocycles. The second kappa shape index (κ2) is 3.61. The molecule has 0 fully saturated rings. The summed E-state index contributed by atoms with van der Waals surface area (Å²) < 4.78 is 5.41. The molecule has 0 amide bonds. The minimum Gasteiger partial charge on any atom is -0.545 e. The molecule has 0 aliphatic carbocycles. The molecule has 0 spiro atoms. The van der Waals surface area contributed by atoms with Gasteiger partial charge in [-0.05, 0) is 24.6 Å². The van der Waals surface area contributed by atoms with Gasteiger partial charge < -0.3 is 14.3 Å². The first-order valence-electron chi connectivity index (χ1n) is 4.55. The molecule has 3 heteroatoms. The van der Waals surface area contributed by atoms with Crippen molar-refractivity contribution < 1.29 is 14.3 Å². The summed E-state index contributed by atoms with van der Waals surface area (Å²) in [5, 5.41) is 10.5. The highest BCUT2D eigenvalue weighted by atomic mass is 16.4. The average Bonchev–Trinajstić information content (AvgIpc) is 2.65. The Balaban J connectivity index is 2.35. The standard InChI is InChI=1S/C12H10O3/c1-8-2-7-11(15-8)9-3-5-10(6-4-9)12(13)14/h2-7H,1H3,(H,13,14)/p-1. The van der Waals surface area contributed by atoms with Crippen molar-refractivity contribution in [2.45, 2.75) is 6.92 Å². The zero-order valence-electron chi connectivity index (χ0n) is 8.19. The van der Waals surface area contributed by atoms with Gasteiger partial charge in [-0.2, -0.15) is 0 Å². The van der Waals surface area contributed by atoms with Crippen LogP contribution in [0.1, 0.15) is 16.1 Å². The van der Waals surface area contributed by atoms with Crippen LogP contribution in [0.25, 0.3) is 11.3 Å². The number of aryl methyl sites for hydroxylation is 1. The molecule has 2 aromatic rings. The van der Waals surface area contributed by atoms with Gasteiger partial charge in [-0.3, -0.25) is 0 Å². The second-order valence-corrected chi connectivity index (χ2v) is 3.28. The largest absolute Gasteiger partial charge is 0.545 e. The van der Waals surface area contributed by atoms with Crippen LogP contribution in [0.2, 0.25) is 0 Å². The van der Waals surface area contributed by atoms with E-state index < -0.39 is 5.97 Å². The van der Waals surface area contributed by atoms with Crippen LogP contribution in [-0.2, 0) is 0 Å². The molecule has 1 heterocycles. The topological polar surface area (TPSA) is 53.3 Å². The van der Waals surface area contributed by atoms with Crippen molar-refractivity contribution in [3.05, 3.63) is 47.7 Å². The molecule has 3 nitrogen and oxygen atoms in total. The molecule has 1 aromatic carbocycles. The van der Waals surface area contributed by atoms with E-state index in [4.69, 9.17) is 4.42 Å². The zero-order chi connectivity index (χ0) is 10.8. The SMILES string of the molecule is Cc1ccc(-c2ccc(C(=O)[O-])cc2)o1. The minimum absolute atomic E-state index is 0.169. The highest BCUT2D eigenvalue weighted by molar-refractivity contribution is 5.86. The number of rotatable bonds is 2. The molecule has 76 valence electrons. The molecule has 1 aromatic heterocycles. The van der Waals surface area contributed by atoms with E-state index in [2.05, 4.69) is 0 Å². The maximum atomic E-state index is 10.5.